The van der Waals surface area contributed by atoms with Gasteiger partial charge in [-0.1, -0.05) is 25.3 Å². The molecule has 0 saturated heterocycles. The van der Waals surface area contributed by atoms with Gasteiger partial charge in [0.2, 0.25) is 0 Å². The van der Waals surface area contributed by atoms with Gasteiger partial charge >= 0.3 is 0 Å². The molecule has 2 heterocycles. The molecule has 0 N–H and O–H groups in total. The highest BCUT2D eigenvalue weighted by molar-refractivity contribution is 5.57. The lowest BCUT2D eigenvalue weighted by Gasteiger charge is -2.23. The molecule has 1 aliphatic carbocycles. The Morgan fingerprint density at radius 1 is 1.08 bits per heavy atom. The molecule has 4 rings (SSSR count). The van der Waals surface area contributed by atoms with E-state index < -0.39 is 11.6 Å². The van der Waals surface area contributed by atoms with Crippen LogP contribution < -0.4 is 0 Å². The van der Waals surface area contributed by atoms with E-state index in [4.69, 9.17) is 0 Å². The van der Waals surface area contributed by atoms with Crippen LogP contribution >= 0.6 is 0 Å². The smallest absolute Gasteiger partial charge is 0.172 e. The van der Waals surface area contributed by atoms with E-state index in [0.717, 1.165) is 25.7 Å². The van der Waals surface area contributed by atoms with Crippen LogP contribution in [0.3, 0.4) is 0 Å². The fourth-order valence-corrected chi connectivity index (χ4v) is 3.36. The van der Waals surface area contributed by atoms with Crippen LogP contribution in [0.4, 0.5) is 8.78 Å². The molecule has 6 nitrogen and oxygen atoms in total. The van der Waals surface area contributed by atoms with E-state index >= 15 is 0 Å². The number of halogens is 2. The molecule has 25 heavy (non-hydrogen) atoms. The first-order valence-corrected chi connectivity index (χ1v) is 8.44. The van der Waals surface area contributed by atoms with Crippen molar-refractivity contribution >= 4 is 0 Å². The van der Waals surface area contributed by atoms with Crippen molar-refractivity contribution < 1.29 is 8.78 Å². The molecule has 0 atom stereocenters. The lowest BCUT2D eigenvalue weighted by molar-refractivity contribution is 0.329. The van der Waals surface area contributed by atoms with E-state index in [9.17, 15) is 8.78 Å². The van der Waals surface area contributed by atoms with Crippen LogP contribution in [0, 0.1) is 11.6 Å². The van der Waals surface area contributed by atoms with Crippen LogP contribution in [0.1, 0.15) is 44.0 Å². The molecule has 1 aliphatic rings. The van der Waals surface area contributed by atoms with Gasteiger partial charge in [0.1, 0.15) is 30.8 Å². The van der Waals surface area contributed by atoms with Gasteiger partial charge in [0.15, 0.2) is 11.6 Å². The zero-order valence-electron chi connectivity index (χ0n) is 13.6. The lowest BCUT2D eigenvalue weighted by atomic mass is 9.95. The van der Waals surface area contributed by atoms with Crippen molar-refractivity contribution in [3.63, 3.8) is 0 Å². The zero-order chi connectivity index (χ0) is 17.2. The van der Waals surface area contributed by atoms with Gasteiger partial charge < -0.3 is 0 Å². The topological polar surface area (TPSA) is 61.4 Å². The molecule has 3 aromatic rings. The highest BCUT2D eigenvalue weighted by atomic mass is 19.1. The van der Waals surface area contributed by atoms with Gasteiger partial charge in [-0.25, -0.2) is 28.1 Å². The Balaban J connectivity index is 1.78. The Morgan fingerprint density at radius 2 is 1.84 bits per heavy atom. The Hall–Kier alpha value is -2.64. The number of rotatable bonds is 4. The summed E-state index contributed by atoms with van der Waals surface area (Å²) in [7, 11) is 0. The first kappa shape index (κ1) is 15.9. The van der Waals surface area contributed by atoms with Crippen molar-refractivity contribution in [1.29, 1.82) is 0 Å². The highest BCUT2D eigenvalue weighted by Gasteiger charge is 2.25. The molecule has 0 bridgehead atoms. The third kappa shape index (κ3) is 3.16. The van der Waals surface area contributed by atoms with Crippen LogP contribution in [-0.2, 0) is 6.54 Å². The SMILES string of the molecule is Fc1cccc(F)c1-c1nc(Cn2cncn2)nn1C1CCCCC1. The van der Waals surface area contributed by atoms with E-state index in [0.29, 0.717) is 12.4 Å². The van der Waals surface area contributed by atoms with Crippen LogP contribution in [-0.4, -0.2) is 29.5 Å². The van der Waals surface area contributed by atoms with Gasteiger partial charge in [-0.3, -0.25) is 0 Å². The molecule has 1 saturated carbocycles. The van der Waals surface area contributed by atoms with Crippen LogP contribution in [0.15, 0.2) is 30.9 Å². The molecule has 1 aromatic carbocycles. The van der Waals surface area contributed by atoms with E-state index in [-0.39, 0.29) is 17.4 Å². The van der Waals surface area contributed by atoms with E-state index in [1.54, 1.807) is 15.7 Å². The van der Waals surface area contributed by atoms with Gasteiger partial charge in [0, 0.05) is 0 Å². The minimum Gasteiger partial charge on any atom is -0.245 e. The monoisotopic (exact) mass is 344 g/mol. The highest BCUT2D eigenvalue weighted by Crippen LogP contribution is 2.33. The van der Waals surface area contributed by atoms with Crippen molar-refractivity contribution in [2.24, 2.45) is 0 Å². The molecule has 0 spiro atoms. The number of benzene rings is 1. The second-order valence-corrected chi connectivity index (χ2v) is 6.28. The Labute approximate surface area is 143 Å². The molecule has 0 unspecified atom stereocenters. The summed E-state index contributed by atoms with van der Waals surface area (Å²) in [5.41, 5.74) is -0.120. The normalized spacial score (nSPS) is 15.6. The predicted molar refractivity (Wildman–Crippen MR) is 86.6 cm³/mol. The lowest BCUT2D eigenvalue weighted by Crippen LogP contribution is -2.16. The van der Waals surface area contributed by atoms with Crippen molar-refractivity contribution in [2.75, 3.05) is 0 Å². The maximum Gasteiger partial charge on any atom is 0.172 e. The Kier molecular flexibility index (Phi) is 4.25. The minimum atomic E-state index is -0.628. The number of nitrogens with zero attached hydrogens (tertiary/aromatic N) is 6. The molecule has 1 fully saturated rings. The zero-order valence-corrected chi connectivity index (χ0v) is 13.6. The molecule has 0 amide bonds. The maximum absolute atomic E-state index is 14.3. The summed E-state index contributed by atoms with van der Waals surface area (Å²) >= 11 is 0. The van der Waals surface area contributed by atoms with Crippen LogP contribution in [0.2, 0.25) is 0 Å². The van der Waals surface area contributed by atoms with E-state index in [2.05, 4.69) is 20.2 Å². The average Bonchev–Trinajstić information content (AvgIpc) is 3.26. The molecule has 0 aliphatic heterocycles. The first-order valence-electron chi connectivity index (χ1n) is 8.44. The van der Waals surface area contributed by atoms with Crippen molar-refractivity contribution in [1.82, 2.24) is 29.5 Å². The van der Waals surface area contributed by atoms with Gasteiger partial charge in [-0.15, -0.1) is 0 Å². The van der Waals surface area contributed by atoms with Crippen molar-refractivity contribution in [3.8, 4) is 11.4 Å². The summed E-state index contributed by atoms with van der Waals surface area (Å²) < 4.78 is 31.9. The number of hydrogen-bond donors (Lipinski definition) is 0. The van der Waals surface area contributed by atoms with Gasteiger partial charge in [-0.2, -0.15) is 10.2 Å². The minimum absolute atomic E-state index is 0.111. The first-order chi connectivity index (χ1) is 12.2. The molecular formula is C17H18F2N6. The summed E-state index contributed by atoms with van der Waals surface area (Å²) in [5, 5.41) is 8.59. The van der Waals surface area contributed by atoms with Gasteiger partial charge in [0.25, 0.3) is 0 Å². The summed E-state index contributed by atoms with van der Waals surface area (Å²) in [4.78, 5) is 8.33. The fourth-order valence-electron chi connectivity index (χ4n) is 3.36. The third-order valence-corrected chi connectivity index (χ3v) is 4.55. The Morgan fingerprint density at radius 3 is 2.52 bits per heavy atom. The summed E-state index contributed by atoms with van der Waals surface area (Å²) in [6.45, 7) is 0.308. The molecule has 8 heteroatoms. The summed E-state index contributed by atoms with van der Waals surface area (Å²) in [6.07, 6.45) is 8.22. The van der Waals surface area contributed by atoms with Gasteiger partial charge in [-0.05, 0) is 25.0 Å². The quantitative estimate of drug-likeness (QED) is 0.728. The van der Waals surface area contributed by atoms with Gasteiger partial charge in [0.05, 0.1) is 11.6 Å². The van der Waals surface area contributed by atoms with Crippen LogP contribution in [0.5, 0.6) is 0 Å². The number of aromatic nitrogens is 6. The summed E-state index contributed by atoms with van der Waals surface area (Å²) in [5.74, 6) is -0.542. The molecule has 130 valence electrons. The van der Waals surface area contributed by atoms with Crippen LogP contribution in [0.25, 0.3) is 11.4 Å². The second kappa shape index (κ2) is 6.70. The van der Waals surface area contributed by atoms with Crippen molar-refractivity contribution in [3.05, 3.63) is 48.3 Å². The molecule has 2 aromatic heterocycles. The third-order valence-electron chi connectivity index (χ3n) is 4.55. The number of hydrogen-bond acceptors (Lipinski definition) is 4. The van der Waals surface area contributed by atoms with E-state index in [1.165, 1.54) is 30.9 Å². The van der Waals surface area contributed by atoms with Crippen molar-refractivity contribution in [2.45, 2.75) is 44.7 Å². The fraction of sp³-hybridized carbons (Fsp3) is 0.412. The van der Waals surface area contributed by atoms with E-state index in [1.807, 2.05) is 0 Å². The largest absolute Gasteiger partial charge is 0.245 e. The summed E-state index contributed by atoms with van der Waals surface area (Å²) in [6, 6.07) is 3.95. The molecular weight excluding hydrogens is 326 g/mol. The average molecular weight is 344 g/mol. The Bertz CT molecular complexity index is 832. The maximum atomic E-state index is 14.3. The standard InChI is InChI=1S/C17H18F2N6/c18-13-7-4-8-14(19)16(13)17-22-15(9-24-11-20-10-21-24)23-25(17)12-5-2-1-3-6-12/h4,7-8,10-12H,1-3,5-6,9H2. The predicted octanol–water partition coefficient (Wildman–Crippen LogP) is 3.37. The molecule has 0 radical (unpaired) electrons. The second-order valence-electron chi connectivity index (χ2n) is 6.28.